The second-order valence-corrected chi connectivity index (χ2v) is 1.52. The van der Waals surface area contributed by atoms with Crippen LogP contribution in [0.25, 0.3) is 0 Å². The summed E-state index contributed by atoms with van der Waals surface area (Å²) in [7, 11) is 5.02. The van der Waals surface area contributed by atoms with Crippen LogP contribution in [0.4, 0.5) is 0 Å². The van der Waals surface area contributed by atoms with Crippen molar-refractivity contribution in [1.82, 2.24) is 0 Å². The molecular weight excluding hydrogens is 105 g/mol. The number of rotatable bonds is 3. The lowest BCUT2D eigenvalue weighted by Gasteiger charge is -2.00. The second kappa shape index (κ2) is 3.49. The van der Waals surface area contributed by atoms with E-state index < -0.39 is 12.0 Å². The molecule has 0 amide bonds. The molecular formula is C4H8BNO2. The summed E-state index contributed by atoms with van der Waals surface area (Å²) < 4.78 is 0. The average Bonchev–Trinajstić information content (AvgIpc) is 1.67. The first-order valence-corrected chi connectivity index (χ1v) is 2.37. The van der Waals surface area contributed by atoms with Crippen LogP contribution in [0, 0.1) is 0 Å². The van der Waals surface area contributed by atoms with Gasteiger partial charge in [-0.2, -0.15) is 0 Å². The largest absolute Gasteiger partial charge is 0.480 e. The van der Waals surface area contributed by atoms with Gasteiger partial charge in [0.05, 0.1) is 7.85 Å². The van der Waals surface area contributed by atoms with Crippen LogP contribution in [0.2, 0.25) is 6.32 Å². The Balaban J connectivity index is 3.32. The van der Waals surface area contributed by atoms with E-state index in [2.05, 4.69) is 0 Å². The predicted octanol–water partition coefficient (Wildman–Crippen LogP) is -0.625. The van der Waals surface area contributed by atoms with Crippen molar-refractivity contribution >= 4 is 13.8 Å². The fraction of sp³-hybridized carbons (Fsp3) is 0.750. The van der Waals surface area contributed by atoms with Crippen molar-refractivity contribution in [2.24, 2.45) is 5.73 Å². The van der Waals surface area contributed by atoms with Gasteiger partial charge in [-0.3, -0.25) is 4.79 Å². The third-order valence-electron chi connectivity index (χ3n) is 0.795. The fourth-order valence-corrected chi connectivity index (χ4v) is 0.303. The van der Waals surface area contributed by atoms with E-state index in [-0.39, 0.29) is 0 Å². The Hall–Kier alpha value is -0.505. The summed E-state index contributed by atoms with van der Waals surface area (Å²) in [5, 5.41) is 8.13. The highest BCUT2D eigenvalue weighted by Crippen LogP contribution is 1.89. The summed E-state index contributed by atoms with van der Waals surface area (Å²) in [6.07, 6.45) is 0.669. The van der Waals surface area contributed by atoms with Gasteiger partial charge in [0, 0.05) is 0 Å². The Kier molecular flexibility index (Phi) is 3.27. The van der Waals surface area contributed by atoms with Crippen molar-refractivity contribution in [3.8, 4) is 0 Å². The van der Waals surface area contributed by atoms with Gasteiger partial charge in [-0.15, -0.1) is 0 Å². The number of hydrogen-bond acceptors (Lipinski definition) is 2. The number of aliphatic carboxylic acids is 1. The number of carbonyl (C=O) groups is 1. The van der Waals surface area contributed by atoms with Gasteiger partial charge in [-0.25, -0.2) is 0 Å². The maximum atomic E-state index is 9.91. The lowest BCUT2D eigenvalue weighted by molar-refractivity contribution is -0.138. The molecule has 0 aliphatic carbocycles. The Morgan fingerprint density at radius 2 is 2.38 bits per heavy atom. The monoisotopic (exact) mass is 113 g/mol. The van der Waals surface area contributed by atoms with Crippen molar-refractivity contribution in [2.75, 3.05) is 0 Å². The molecule has 2 radical (unpaired) electrons. The van der Waals surface area contributed by atoms with Gasteiger partial charge in [-0.05, 0) is 6.42 Å². The molecule has 1 atom stereocenters. The number of nitrogens with two attached hydrogens (primary N) is 1. The van der Waals surface area contributed by atoms with E-state index >= 15 is 0 Å². The predicted molar refractivity (Wildman–Crippen MR) is 30.8 cm³/mol. The van der Waals surface area contributed by atoms with Crippen molar-refractivity contribution in [2.45, 2.75) is 18.8 Å². The Morgan fingerprint density at radius 1 is 1.88 bits per heavy atom. The topological polar surface area (TPSA) is 63.3 Å². The SMILES string of the molecule is [B]CCC(N)C(=O)O. The standard InChI is InChI=1S/C4H8BNO2/c5-2-1-3(6)4(7)8/h3H,1-2,6H2,(H,7,8). The van der Waals surface area contributed by atoms with E-state index in [1.165, 1.54) is 0 Å². The molecule has 3 N–H and O–H groups in total. The molecule has 0 aromatic rings. The molecule has 4 heteroatoms. The molecule has 0 bridgehead atoms. The van der Waals surface area contributed by atoms with Crippen LogP contribution in [0.3, 0.4) is 0 Å². The Bertz CT molecular complexity index is 86.1. The normalized spacial score (nSPS) is 13.1. The first-order chi connectivity index (χ1) is 3.68. The van der Waals surface area contributed by atoms with Crippen molar-refractivity contribution in [1.29, 1.82) is 0 Å². The molecule has 0 aliphatic rings. The molecule has 0 aromatic heterocycles. The van der Waals surface area contributed by atoms with E-state index in [9.17, 15) is 4.79 Å². The molecule has 3 nitrogen and oxygen atoms in total. The van der Waals surface area contributed by atoms with Gasteiger partial charge in [0.2, 0.25) is 0 Å². The van der Waals surface area contributed by atoms with Crippen LogP contribution in [0.15, 0.2) is 0 Å². The van der Waals surface area contributed by atoms with E-state index in [4.69, 9.17) is 18.7 Å². The highest BCUT2D eigenvalue weighted by Gasteiger charge is 2.07. The van der Waals surface area contributed by atoms with Crippen LogP contribution in [0.1, 0.15) is 6.42 Å². The van der Waals surface area contributed by atoms with E-state index in [0.29, 0.717) is 12.7 Å². The molecule has 0 heterocycles. The fourth-order valence-electron chi connectivity index (χ4n) is 0.303. The minimum atomic E-state index is -0.990. The van der Waals surface area contributed by atoms with E-state index in [1.807, 2.05) is 0 Å². The van der Waals surface area contributed by atoms with Crippen LogP contribution in [-0.4, -0.2) is 25.0 Å². The second-order valence-electron chi connectivity index (χ2n) is 1.52. The number of carboxylic acids is 1. The average molecular weight is 113 g/mol. The molecule has 0 saturated carbocycles. The molecule has 0 fully saturated rings. The lowest BCUT2D eigenvalue weighted by atomic mass is 9.98. The van der Waals surface area contributed by atoms with Crippen LogP contribution < -0.4 is 5.73 Å². The smallest absolute Gasteiger partial charge is 0.320 e. The summed E-state index contributed by atoms with van der Waals surface area (Å²) in [6, 6.07) is -0.792. The van der Waals surface area contributed by atoms with E-state index in [0.717, 1.165) is 0 Å². The highest BCUT2D eigenvalue weighted by atomic mass is 16.4. The highest BCUT2D eigenvalue weighted by molar-refractivity contribution is 6.08. The molecule has 0 spiro atoms. The van der Waals surface area contributed by atoms with Crippen LogP contribution in [-0.2, 0) is 4.79 Å². The van der Waals surface area contributed by atoms with E-state index in [1.54, 1.807) is 0 Å². The van der Waals surface area contributed by atoms with Gasteiger partial charge in [0.15, 0.2) is 0 Å². The van der Waals surface area contributed by atoms with Crippen molar-refractivity contribution in [3.05, 3.63) is 0 Å². The molecule has 0 saturated heterocycles. The number of carboxylic acid groups (broad SMARTS) is 1. The molecule has 0 aliphatic heterocycles. The molecule has 44 valence electrons. The van der Waals surface area contributed by atoms with Gasteiger partial charge in [-0.1, -0.05) is 6.32 Å². The minimum absolute atomic E-state index is 0.327. The lowest BCUT2D eigenvalue weighted by Crippen LogP contribution is -2.29. The summed E-state index contributed by atoms with van der Waals surface area (Å²) in [6.45, 7) is 0. The van der Waals surface area contributed by atoms with Crippen molar-refractivity contribution in [3.63, 3.8) is 0 Å². The van der Waals surface area contributed by atoms with Gasteiger partial charge < -0.3 is 10.8 Å². The zero-order chi connectivity index (χ0) is 6.57. The van der Waals surface area contributed by atoms with Gasteiger partial charge in [0.1, 0.15) is 6.04 Å². The summed E-state index contributed by atoms with van der Waals surface area (Å²) in [4.78, 5) is 9.91. The first-order valence-electron chi connectivity index (χ1n) is 2.37. The van der Waals surface area contributed by atoms with Gasteiger partial charge in [0.25, 0.3) is 0 Å². The Morgan fingerprint density at radius 3 is 2.50 bits per heavy atom. The van der Waals surface area contributed by atoms with Crippen molar-refractivity contribution < 1.29 is 9.90 Å². The molecule has 1 unspecified atom stereocenters. The maximum absolute atomic E-state index is 9.91. The third-order valence-corrected chi connectivity index (χ3v) is 0.795. The molecule has 0 aromatic carbocycles. The van der Waals surface area contributed by atoms with Crippen LogP contribution >= 0.6 is 0 Å². The zero-order valence-corrected chi connectivity index (χ0v) is 4.50. The quantitative estimate of drug-likeness (QED) is 0.479. The van der Waals surface area contributed by atoms with Gasteiger partial charge >= 0.3 is 5.97 Å². The molecule has 8 heavy (non-hydrogen) atoms. The summed E-state index contributed by atoms with van der Waals surface area (Å²) in [5.41, 5.74) is 5.05. The third kappa shape index (κ3) is 2.63. The minimum Gasteiger partial charge on any atom is -0.480 e. The summed E-state index contributed by atoms with van der Waals surface area (Å²) >= 11 is 0. The molecule has 0 rings (SSSR count). The zero-order valence-electron chi connectivity index (χ0n) is 4.50. The Labute approximate surface area is 49.3 Å². The first kappa shape index (κ1) is 7.49. The number of hydrogen-bond donors (Lipinski definition) is 2. The maximum Gasteiger partial charge on any atom is 0.320 e. The summed E-state index contributed by atoms with van der Waals surface area (Å²) in [5.74, 6) is -0.990. The van der Waals surface area contributed by atoms with Crippen LogP contribution in [0.5, 0.6) is 0 Å².